The quantitative estimate of drug-likeness (QED) is 0.861. The molecule has 1 atom stereocenters. The number of aromatic nitrogens is 1. The Bertz CT molecular complexity index is 562. The standard InChI is InChI=1S/C18H24N2O2/c1-18(2,3)20-12-17(21)16-10-9-15(11-19-16)22-13-14-7-5-4-6-8-14/h4-11,17,20-21H,12-13H2,1-3H3/t17-/m0/s1. The fourth-order valence-corrected chi connectivity index (χ4v) is 1.92. The molecule has 0 aliphatic heterocycles. The van der Waals surface area contributed by atoms with Crippen molar-refractivity contribution >= 4 is 0 Å². The van der Waals surface area contributed by atoms with Crippen LogP contribution in [0.4, 0.5) is 0 Å². The molecule has 2 aromatic rings. The highest BCUT2D eigenvalue weighted by molar-refractivity contribution is 5.22. The lowest BCUT2D eigenvalue weighted by Gasteiger charge is -2.22. The van der Waals surface area contributed by atoms with Gasteiger partial charge in [-0.2, -0.15) is 0 Å². The van der Waals surface area contributed by atoms with E-state index in [4.69, 9.17) is 4.74 Å². The monoisotopic (exact) mass is 300 g/mol. The van der Waals surface area contributed by atoms with Gasteiger partial charge >= 0.3 is 0 Å². The minimum atomic E-state index is -0.623. The van der Waals surface area contributed by atoms with E-state index < -0.39 is 6.10 Å². The molecule has 0 aliphatic rings. The van der Waals surface area contributed by atoms with Crippen LogP contribution in [-0.4, -0.2) is 22.2 Å². The van der Waals surface area contributed by atoms with E-state index in [0.717, 1.165) is 5.56 Å². The van der Waals surface area contributed by atoms with Gasteiger partial charge in [0.05, 0.1) is 11.9 Å². The maximum atomic E-state index is 10.1. The van der Waals surface area contributed by atoms with Gasteiger partial charge in [-0.15, -0.1) is 0 Å². The van der Waals surface area contributed by atoms with E-state index in [9.17, 15) is 5.11 Å². The number of benzene rings is 1. The first-order valence-electron chi connectivity index (χ1n) is 7.50. The molecule has 1 heterocycles. The first kappa shape index (κ1) is 16.5. The van der Waals surface area contributed by atoms with Crippen molar-refractivity contribution in [3.05, 3.63) is 59.9 Å². The fourth-order valence-electron chi connectivity index (χ4n) is 1.92. The van der Waals surface area contributed by atoms with Crippen LogP contribution in [0.25, 0.3) is 0 Å². The Balaban J connectivity index is 1.87. The average Bonchev–Trinajstić information content (AvgIpc) is 2.51. The van der Waals surface area contributed by atoms with Crippen molar-refractivity contribution in [2.24, 2.45) is 0 Å². The van der Waals surface area contributed by atoms with Crippen LogP contribution in [0.3, 0.4) is 0 Å². The molecule has 118 valence electrons. The summed E-state index contributed by atoms with van der Waals surface area (Å²) in [6.07, 6.45) is 1.03. The second-order valence-corrected chi connectivity index (χ2v) is 6.34. The highest BCUT2D eigenvalue weighted by Gasteiger charge is 2.14. The minimum Gasteiger partial charge on any atom is -0.487 e. The molecule has 0 fully saturated rings. The van der Waals surface area contributed by atoms with Gasteiger partial charge in [-0.05, 0) is 38.5 Å². The van der Waals surface area contributed by atoms with Gasteiger partial charge in [0.15, 0.2) is 0 Å². The van der Waals surface area contributed by atoms with Crippen LogP contribution in [0, 0.1) is 0 Å². The number of nitrogens with zero attached hydrogens (tertiary/aromatic N) is 1. The highest BCUT2D eigenvalue weighted by Crippen LogP contribution is 2.16. The summed E-state index contributed by atoms with van der Waals surface area (Å²) in [6.45, 7) is 7.17. The maximum Gasteiger partial charge on any atom is 0.138 e. The van der Waals surface area contributed by atoms with E-state index in [-0.39, 0.29) is 5.54 Å². The lowest BCUT2D eigenvalue weighted by Crippen LogP contribution is -2.38. The van der Waals surface area contributed by atoms with Crippen LogP contribution in [0.1, 0.15) is 38.1 Å². The Labute approximate surface area is 132 Å². The molecule has 4 nitrogen and oxygen atoms in total. The van der Waals surface area contributed by atoms with Gasteiger partial charge in [0.2, 0.25) is 0 Å². The number of hydrogen-bond donors (Lipinski definition) is 2. The predicted octanol–water partition coefficient (Wildman–Crippen LogP) is 3.08. The summed E-state index contributed by atoms with van der Waals surface area (Å²) in [7, 11) is 0. The Morgan fingerprint density at radius 3 is 2.45 bits per heavy atom. The van der Waals surface area contributed by atoms with Crippen LogP contribution < -0.4 is 10.1 Å². The number of β-amino-alcohol motifs (C(OH)–C–C–N with tert-alkyl or cyclic N) is 1. The summed E-state index contributed by atoms with van der Waals surface area (Å²) < 4.78 is 5.68. The molecule has 0 saturated heterocycles. The summed E-state index contributed by atoms with van der Waals surface area (Å²) in [5, 5.41) is 13.4. The van der Waals surface area contributed by atoms with Gasteiger partial charge in [0.25, 0.3) is 0 Å². The summed E-state index contributed by atoms with van der Waals surface area (Å²) >= 11 is 0. The highest BCUT2D eigenvalue weighted by atomic mass is 16.5. The van der Waals surface area contributed by atoms with Gasteiger partial charge in [0, 0.05) is 12.1 Å². The minimum absolute atomic E-state index is 0.0281. The zero-order valence-corrected chi connectivity index (χ0v) is 13.4. The largest absolute Gasteiger partial charge is 0.487 e. The van der Waals surface area contributed by atoms with E-state index in [1.807, 2.05) is 36.4 Å². The summed E-state index contributed by atoms with van der Waals surface area (Å²) in [6, 6.07) is 13.6. The first-order valence-corrected chi connectivity index (χ1v) is 7.50. The molecule has 0 unspecified atom stereocenters. The van der Waals surface area contributed by atoms with Gasteiger partial charge in [-0.25, -0.2) is 0 Å². The Morgan fingerprint density at radius 1 is 1.14 bits per heavy atom. The lowest BCUT2D eigenvalue weighted by molar-refractivity contribution is 0.158. The molecule has 0 saturated carbocycles. The topological polar surface area (TPSA) is 54.4 Å². The number of hydrogen-bond acceptors (Lipinski definition) is 4. The number of aliphatic hydroxyl groups is 1. The number of aliphatic hydroxyl groups excluding tert-OH is 1. The van der Waals surface area contributed by atoms with Crippen molar-refractivity contribution in [3.8, 4) is 5.75 Å². The van der Waals surface area contributed by atoms with Crippen LogP contribution in [0.15, 0.2) is 48.7 Å². The molecule has 22 heavy (non-hydrogen) atoms. The Morgan fingerprint density at radius 2 is 1.86 bits per heavy atom. The van der Waals surface area contributed by atoms with Gasteiger partial charge in [-0.3, -0.25) is 4.98 Å². The van der Waals surface area contributed by atoms with Gasteiger partial charge in [-0.1, -0.05) is 30.3 Å². The SMILES string of the molecule is CC(C)(C)NC[C@H](O)c1ccc(OCc2ccccc2)cn1. The molecule has 4 heteroatoms. The Hall–Kier alpha value is -1.91. The van der Waals surface area contributed by atoms with Crippen molar-refractivity contribution in [2.45, 2.75) is 39.0 Å². The van der Waals surface area contributed by atoms with E-state index >= 15 is 0 Å². The maximum absolute atomic E-state index is 10.1. The van der Waals surface area contributed by atoms with E-state index in [0.29, 0.717) is 24.6 Å². The molecular formula is C18H24N2O2. The molecule has 1 aromatic heterocycles. The third-order valence-corrected chi connectivity index (χ3v) is 3.17. The third-order valence-electron chi connectivity index (χ3n) is 3.17. The van der Waals surface area contributed by atoms with Gasteiger partial charge in [0.1, 0.15) is 18.5 Å². The van der Waals surface area contributed by atoms with Gasteiger partial charge < -0.3 is 15.2 Å². The summed E-state index contributed by atoms with van der Waals surface area (Å²) in [4.78, 5) is 4.28. The molecule has 1 aromatic carbocycles. The molecule has 2 rings (SSSR count). The van der Waals surface area contributed by atoms with E-state index in [2.05, 4.69) is 31.1 Å². The summed E-state index contributed by atoms with van der Waals surface area (Å²) in [5.41, 5.74) is 1.73. The number of nitrogens with one attached hydrogen (secondary N) is 1. The number of rotatable bonds is 6. The number of pyridine rings is 1. The molecule has 0 amide bonds. The predicted molar refractivity (Wildman–Crippen MR) is 87.7 cm³/mol. The third kappa shape index (κ3) is 5.47. The molecule has 0 spiro atoms. The van der Waals surface area contributed by atoms with Crippen molar-refractivity contribution < 1.29 is 9.84 Å². The molecule has 0 radical (unpaired) electrons. The van der Waals surface area contributed by atoms with Crippen LogP contribution in [-0.2, 0) is 6.61 Å². The molecule has 0 bridgehead atoms. The van der Waals surface area contributed by atoms with E-state index in [1.54, 1.807) is 12.3 Å². The lowest BCUT2D eigenvalue weighted by atomic mass is 10.1. The Kier molecular flexibility index (Phi) is 5.52. The van der Waals surface area contributed by atoms with Crippen molar-refractivity contribution in [2.75, 3.05) is 6.54 Å². The van der Waals surface area contributed by atoms with Crippen molar-refractivity contribution in [1.82, 2.24) is 10.3 Å². The smallest absolute Gasteiger partial charge is 0.138 e. The van der Waals surface area contributed by atoms with Crippen molar-refractivity contribution in [1.29, 1.82) is 0 Å². The van der Waals surface area contributed by atoms with Crippen LogP contribution in [0.5, 0.6) is 5.75 Å². The van der Waals surface area contributed by atoms with Crippen molar-refractivity contribution in [3.63, 3.8) is 0 Å². The molecule has 0 aliphatic carbocycles. The second-order valence-electron chi connectivity index (χ2n) is 6.34. The zero-order valence-electron chi connectivity index (χ0n) is 13.4. The molecular weight excluding hydrogens is 276 g/mol. The van der Waals surface area contributed by atoms with Crippen LogP contribution >= 0.6 is 0 Å². The molecule has 2 N–H and O–H groups in total. The van der Waals surface area contributed by atoms with E-state index in [1.165, 1.54) is 0 Å². The number of ether oxygens (including phenoxy) is 1. The second kappa shape index (κ2) is 7.38. The summed E-state index contributed by atoms with van der Waals surface area (Å²) in [5.74, 6) is 0.698. The first-order chi connectivity index (χ1) is 10.4. The normalized spacial score (nSPS) is 12.9. The average molecular weight is 300 g/mol. The fraction of sp³-hybridized carbons (Fsp3) is 0.389. The zero-order chi connectivity index (χ0) is 16.0. The van der Waals surface area contributed by atoms with Crippen LogP contribution in [0.2, 0.25) is 0 Å².